The Balaban J connectivity index is 1.26. The van der Waals surface area contributed by atoms with Gasteiger partial charge < -0.3 is 0 Å². The zero-order chi connectivity index (χ0) is 33.0. The van der Waals surface area contributed by atoms with Crippen molar-refractivity contribution in [1.29, 1.82) is 0 Å². The SMILES string of the molecule is CCC=CCc1nc(-c2ccccc2)cc(-c2ccc(C3=CCC=CC4=C3c3ccccc3C4(c3ccccc3)c3cccnc3)cc2)n1. The van der Waals surface area contributed by atoms with Crippen LogP contribution in [-0.2, 0) is 11.8 Å². The lowest BCUT2D eigenvalue weighted by Crippen LogP contribution is -2.29. The number of aromatic nitrogens is 3. The van der Waals surface area contributed by atoms with E-state index in [-0.39, 0.29) is 0 Å². The maximum atomic E-state index is 5.03. The minimum atomic E-state index is -0.487. The first-order chi connectivity index (χ1) is 24.3. The van der Waals surface area contributed by atoms with Crippen LogP contribution in [0.2, 0.25) is 0 Å². The van der Waals surface area contributed by atoms with Crippen molar-refractivity contribution in [2.45, 2.75) is 31.6 Å². The summed E-state index contributed by atoms with van der Waals surface area (Å²) in [5.41, 5.74) is 13.5. The van der Waals surface area contributed by atoms with E-state index in [1.165, 1.54) is 44.5 Å². The molecule has 0 fully saturated rings. The first-order valence-corrected chi connectivity index (χ1v) is 17.1. The summed E-state index contributed by atoms with van der Waals surface area (Å²) >= 11 is 0. The van der Waals surface area contributed by atoms with Gasteiger partial charge in [0.2, 0.25) is 0 Å². The Morgan fingerprint density at radius 3 is 2.08 bits per heavy atom. The van der Waals surface area contributed by atoms with E-state index >= 15 is 0 Å². The van der Waals surface area contributed by atoms with Crippen LogP contribution in [-0.4, -0.2) is 15.0 Å². The van der Waals surface area contributed by atoms with E-state index in [1.807, 2.05) is 18.5 Å². The monoisotopic (exact) mass is 631 g/mol. The molecule has 1 unspecified atom stereocenters. The molecule has 2 aliphatic rings. The van der Waals surface area contributed by atoms with Gasteiger partial charge in [0.05, 0.1) is 16.8 Å². The van der Waals surface area contributed by atoms with Gasteiger partial charge in [-0.3, -0.25) is 4.98 Å². The molecule has 6 aromatic rings. The first kappa shape index (κ1) is 30.4. The molecule has 0 saturated heterocycles. The lowest BCUT2D eigenvalue weighted by atomic mass is 9.67. The van der Waals surface area contributed by atoms with Gasteiger partial charge in [0.15, 0.2) is 0 Å². The third-order valence-electron chi connectivity index (χ3n) is 9.62. The lowest BCUT2D eigenvalue weighted by molar-refractivity contribution is 0.755. The predicted octanol–water partition coefficient (Wildman–Crippen LogP) is 10.9. The summed E-state index contributed by atoms with van der Waals surface area (Å²) in [5.74, 6) is 0.827. The second-order valence-electron chi connectivity index (χ2n) is 12.5. The molecular weight excluding hydrogens is 595 g/mol. The number of benzene rings is 4. The van der Waals surface area contributed by atoms with Gasteiger partial charge in [-0.05, 0) is 69.5 Å². The van der Waals surface area contributed by atoms with Crippen LogP contribution >= 0.6 is 0 Å². The quantitative estimate of drug-likeness (QED) is 0.157. The van der Waals surface area contributed by atoms with Crippen LogP contribution in [0, 0.1) is 0 Å². The van der Waals surface area contributed by atoms with Crippen LogP contribution in [0.4, 0.5) is 0 Å². The molecule has 3 heteroatoms. The number of fused-ring (bicyclic) bond motifs is 2. The van der Waals surface area contributed by atoms with Crippen LogP contribution < -0.4 is 0 Å². The molecule has 8 rings (SSSR count). The number of allylic oxidation sites excluding steroid dienone is 8. The summed E-state index contributed by atoms with van der Waals surface area (Å²) in [7, 11) is 0. The Morgan fingerprint density at radius 2 is 1.35 bits per heavy atom. The summed E-state index contributed by atoms with van der Waals surface area (Å²) < 4.78 is 0. The summed E-state index contributed by atoms with van der Waals surface area (Å²) in [4.78, 5) is 14.6. The molecule has 0 aliphatic heterocycles. The smallest absolute Gasteiger partial charge is 0.133 e. The third kappa shape index (κ3) is 5.48. The number of nitrogens with zero attached hydrogens (tertiary/aromatic N) is 3. The number of rotatable bonds is 8. The number of hydrogen-bond acceptors (Lipinski definition) is 3. The predicted molar refractivity (Wildman–Crippen MR) is 202 cm³/mol. The van der Waals surface area contributed by atoms with Crippen molar-refractivity contribution in [3.8, 4) is 22.5 Å². The number of hydrogen-bond donors (Lipinski definition) is 0. The molecule has 2 heterocycles. The summed E-state index contributed by atoms with van der Waals surface area (Å²) in [6, 6.07) is 45.5. The van der Waals surface area contributed by atoms with Crippen molar-refractivity contribution in [3.63, 3.8) is 0 Å². The van der Waals surface area contributed by atoms with E-state index < -0.39 is 5.41 Å². The minimum Gasteiger partial charge on any atom is -0.264 e. The van der Waals surface area contributed by atoms with E-state index in [2.05, 4.69) is 164 Å². The molecule has 2 aromatic heterocycles. The van der Waals surface area contributed by atoms with Crippen LogP contribution in [0.1, 0.15) is 53.4 Å². The fourth-order valence-electron chi connectivity index (χ4n) is 7.47. The van der Waals surface area contributed by atoms with Gasteiger partial charge in [0, 0.05) is 29.9 Å². The molecule has 4 aromatic carbocycles. The highest BCUT2D eigenvalue weighted by atomic mass is 14.9. The molecule has 0 bridgehead atoms. The molecule has 0 saturated carbocycles. The summed E-state index contributed by atoms with van der Waals surface area (Å²) in [6.07, 6.45) is 17.8. The Labute approximate surface area is 288 Å². The van der Waals surface area contributed by atoms with Crippen molar-refractivity contribution in [3.05, 3.63) is 209 Å². The van der Waals surface area contributed by atoms with Crippen molar-refractivity contribution >= 4 is 11.1 Å². The molecule has 49 heavy (non-hydrogen) atoms. The normalized spacial score (nSPS) is 16.7. The highest BCUT2D eigenvalue weighted by Crippen LogP contribution is 2.58. The maximum absolute atomic E-state index is 5.03. The van der Waals surface area contributed by atoms with Gasteiger partial charge in [-0.25, -0.2) is 9.97 Å². The van der Waals surface area contributed by atoms with Crippen molar-refractivity contribution in [1.82, 2.24) is 15.0 Å². The average Bonchev–Trinajstić information content (AvgIpc) is 3.28. The van der Waals surface area contributed by atoms with E-state index in [1.54, 1.807) is 0 Å². The van der Waals surface area contributed by atoms with E-state index in [9.17, 15) is 0 Å². The van der Waals surface area contributed by atoms with Gasteiger partial charge in [0.1, 0.15) is 5.82 Å². The van der Waals surface area contributed by atoms with Gasteiger partial charge in [-0.1, -0.05) is 153 Å². The molecule has 236 valence electrons. The Bertz CT molecular complexity index is 2190. The molecule has 0 amide bonds. The van der Waals surface area contributed by atoms with Crippen LogP contribution in [0.25, 0.3) is 33.7 Å². The largest absolute Gasteiger partial charge is 0.264 e. The second kappa shape index (κ2) is 13.3. The zero-order valence-electron chi connectivity index (χ0n) is 27.6. The Hall–Kier alpha value is -5.93. The van der Waals surface area contributed by atoms with Crippen molar-refractivity contribution in [2.75, 3.05) is 0 Å². The standard InChI is InChI=1S/C46H37N3/c1-2-3-6-25-44-48-42(34-16-7-4-8-17-34)31-43(49-44)35-28-26-33(27-29-35)38-21-11-14-24-41-45(38)39-22-12-13-23-40(39)46(41,36-18-9-5-10-19-36)37-20-15-30-47-32-37/h3-10,12-24,26-32H,2,11,25H2,1H3. The highest BCUT2D eigenvalue weighted by molar-refractivity contribution is 6.12. The summed E-state index contributed by atoms with van der Waals surface area (Å²) in [5, 5.41) is 0. The van der Waals surface area contributed by atoms with E-state index in [0.717, 1.165) is 41.2 Å². The molecule has 3 nitrogen and oxygen atoms in total. The van der Waals surface area contributed by atoms with E-state index in [0.29, 0.717) is 6.42 Å². The number of pyridine rings is 1. The molecule has 1 atom stereocenters. The fourth-order valence-corrected chi connectivity index (χ4v) is 7.47. The average molecular weight is 632 g/mol. The van der Waals surface area contributed by atoms with E-state index in [4.69, 9.17) is 9.97 Å². The maximum Gasteiger partial charge on any atom is 0.133 e. The first-order valence-electron chi connectivity index (χ1n) is 17.1. The van der Waals surface area contributed by atoms with Gasteiger partial charge >= 0.3 is 0 Å². The highest BCUT2D eigenvalue weighted by Gasteiger charge is 2.47. The molecule has 0 spiro atoms. The molecule has 0 N–H and O–H groups in total. The topological polar surface area (TPSA) is 38.7 Å². The van der Waals surface area contributed by atoms with Crippen molar-refractivity contribution in [2.24, 2.45) is 0 Å². The molecule has 2 aliphatic carbocycles. The van der Waals surface area contributed by atoms with Gasteiger partial charge in [0.25, 0.3) is 0 Å². The lowest BCUT2D eigenvalue weighted by Gasteiger charge is -2.34. The fraction of sp³-hybridized carbons (Fsp3) is 0.109. The third-order valence-corrected chi connectivity index (χ3v) is 9.62. The van der Waals surface area contributed by atoms with Crippen LogP contribution in [0.15, 0.2) is 176 Å². The summed E-state index contributed by atoms with van der Waals surface area (Å²) in [6.45, 7) is 2.15. The van der Waals surface area contributed by atoms with Crippen LogP contribution in [0.5, 0.6) is 0 Å². The minimum absolute atomic E-state index is 0.487. The Morgan fingerprint density at radius 1 is 0.673 bits per heavy atom. The van der Waals surface area contributed by atoms with Crippen molar-refractivity contribution < 1.29 is 0 Å². The van der Waals surface area contributed by atoms with Crippen LogP contribution in [0.3, 0.4) is 0 Å². The molecular formula is C46H37N3. The second-order valence-corrected chi connectivity index (χ2v) is 12.5. The zero-order valence-corrected chi connectivity index (χ0v) is 27.6. The van der Waals surface area contributed by atoms with Gasteiger partial charge in [-0.2, -0.15) is 0 Å². The van der Waals surface area contributed by atoms with Gasteiger partial charge in [-0.15, -0.1) is 0 Å². The Kier molecular flexibility index (Phi) is 8.25. The molecule has 0 radical (unpaired) electrons.